The van der Waals surface area contributed by atoms with E-state index in [1.807, 2.05) is 0 Å². The SMILES string of the molecule is [O-]c1c(Cl)cc(Cl)cc1C[NH2+]CCCOC1CCCCC1. The van der Waals surface area contributed by atoms with Crippen molar-refractivity contribution in [2.45, 2.75) is 51.2 Å². The van der Waals surface area contributed by atoms with Crippen LogP contribution >= 0.6 is 23.2 Å². The van der Waals surface area contributed by atoms with Crippen molar-refractivity contribution in [1.82, 2.24) is 0 Å². The van der Waals surface area contributed by atoms with Gasteiger partial charge in [0.1, 0.15) is 6.54 Å². The molecule has 21 heavy (non-hydrogen) atoms. The van der Waals surface area contributed by atoms with Gasteiger partial charge in [-0.1, -0.05) is 48.2 Å². The molecule has 0 aliphatic heterocycles. The van der Waals surface area contributed by atoms with E-state index in [9.17, 15) is 5.11 Å². The van der Waals surface area contributed by atoms with E-state index in [1.54, 1.807) is 6.07 Å². The van der Waals surface area contributed by atoms with Gasteiger partial charge in [-0.2, -0.15) is 0 Å². The van der Waals surface area contributed by atoms with Crippen LogP contribution in [0.2, 0.25) is 10.0 Å². The molecule has 0 heterocycles. The van der Waals surface area contributed by atoms with Crippen LogP contribution < -0.4 is 10.4 Å². The van der Waals surface area contributed by atoms with Crippen molar-refractivity contribution < 1.29 is 15.2 Å². The Morgan fingerprint density at radius 1 is 1.19 bits per heavy atom. The first-order chi connectivity index (χ1) is 10.2. The van der Waals surface area contributed by atoms with Crippen molar-refractivity contribution in [1.29, 1.82) is 0 Å². The van der Waals surface area contributed by atoms with E-state index in [1.165, 1.54) is 38.2 Å². The molecule has 1 aromatic carbocycles. The van der Waals surface area contributed by atoms with Crippen LogP contribution in [0, 0.1) is 0 Å². The molecule has 1 aliphatic rings. The monoisotopic (exact) mass is 331 g/mol. The van der Waals surface area contributed by atoms with E-state index >= 15 is 0 Å². The number of hydrogen-bond donors (Lipinski definition) is 1. The average molecular weight is 332 g/mol. The molecule has 0 atom stereocenters. The number of nitrogens with two attached hydrogens (primary N) is 1. The van der Waals surface area contributed by atoms with Gasteiger partial charge in [-0.05, 0) is 25.0 Å². The van der Waals surface area contributed by atoms with Gasteiger partial charge in [-0.15, -0.1) is 0 Å². The number of quaternary nitrogens is 1. The summed E-state index contributed by atoms with van der Waals surface area (Å²) in [6.07, 6.45) is 7.86. The minimum absolute atomic E-state index is 0.115. The predicted octanol–water partition coefficient (Wildman–Crippen LogP) is 2.87. The Labute approximate surface area is 136 Å². The average Bonchev–Trinajstić information content (AvgIpc) is 2.48. The second kappa shape index (κ2) is 8.84. The largest absolute Gasteiger partial charge is 0.871 e. The molecule has 1 aliphatic carbocycles. The third-order valence-corrected chi connectivity index (χ3v) is 4.41. The van der Waals surface area contributed by atoms with Gasteiger partial charge in [0.15, 0.2) is 0 Å². The Kier molecular flexibility index (Phi) is 7.11. The topological polar surface area (TPSA) is 48.9 Å². The molecular formula is C16H23Cl2NO2. The fourth-order valence-corrected chi connectivity index (χ4v) is 3.27. The minimum Gasteiger partial charge on any atom is -0.871 e. The molecule has 0 bridgehead atoms. The van der Waals surface area contributed by atoms with Crippen LogP contribution in [-0.4, -0.2) is 19.3 Å². The fourth-order valence-electron chi connectivity index (χ4n) is 2.73. The van der Waals surface area contributed by atoms with Crippen LogP contribution in [0.15, 0.2) is 12.1 Å². The number of ether oxygens (including phenoxy) is 1. The zero-order valence-electron chi connectivity index (χ0n) is 12.2. The van der Waals surface area contributed by atoms with Gasteiger partial charge in [0, 0.05) is 22.0 Å². The lowest BCUT2D eigenvalue weighted by Gasteiger charge is -2.21. The van der Waals surface area contributed by atoms with Crippen molar-refractivity contribution in [2.75, 3.05) is 13.2 Å². The normalized spacial score (nSPS) is 16.3. The summed E-state index contributed by atoms with van der Waals surface area (Å²) >= 11 is 11.8. The minimum atomic E-state index is -0.115. The summed E-state index contributed by atoms with van der Waals surface area (Å²) in [4.78, 5) is 0. The molecule has 0 amide bonds. The third kappa shape index (κ3) is 5.67. The molecule has 2 rings (SSSR count). The summed E-state index contributed by atoms with van der Waals surface area (Å²) in [5.41, 5.74) is 0.667. The fraction of sp³-hybridized carbons (Fsp3) is 0.625. The molecule has 5 heteroatoms. The molecule has 0 aromatic heterocycles. The van der Waals surface area contributed by atoms with Crippen LogP contribution in [0.4, 0.5) is 0 Å². The second-order valence-electron chi connectivity index (χ2n) is 5.64. The molecule has 3 nitrogen and oxygen atoms in total. The first-order valence-corrected chi connectivity index (χ1v) is 8.50. The van der Waals surface area contributed by atoms with E-state index < -0.39 is 0 Å². The van der Waals surface area contributed by atoms with E-state index in [2.05, 4.69) is 5.32 Å². The number of hydrogen-bond acceptors (Lipinski definition) is 2. The maximum absolute atomic E-state index is 11.8. The van der Waals surface area contributed by atoms with Gasteiger partial charge in [-0.25, -0.2) is 0 Å². The Morgan fingerprint density at radius 3 is 2.71 bits per heavy atom. The number of benzene rings is 1. The Balaban J connectivity index is 1.61. The van der Waals surface area contributed by atoms with Crippen molar-refractivity contribution in [2.24, 2.45) is 0 Å². The summed E-state index contributed by atoms with van der Waals surface area (Å²) in [6.45, 7) is 2.36. The lowest BCUT2D eigenvalue weighted by atomic mass is 9.98. The van der Waals surface area contributed by atoms with Crippen molar-refractivity contribution in [3.05, 3.63) is 27.7 Å². The molecule has 0 spiro atoms. The summed E-state index contributed by atoms with van der Waals surface area (Å²) in [5, 5.41) is 14.6. The lowest BCUT2D eigenvalue weighted by molar-refractivity contribution is -0.671. The van der Waals surface area contributed by atoms with E-state index in [0.29, 0.717) is 23.2 Å². The number of halogens is 2. The lowest BCUT2D eigenvalue weighted by Crippen LogP contribution is -2.82. The van der Waals surface area contributed by atoms with Gasteiger partial charge < -0.3 is 15.2 Å². The number of rotatable bonds is 7. The van der Waals surface area contributed by atoms with Gasteiger partial charge in [0.25, 0.3) is 0 Å². The predicted molar refractivity (Wildman–Crippen MR) is 83.8 cm³/mol. The van der Waals surface area contributed by atoms with Crippen molar-refractivity contribution >= 4 is 23.2 Å². The highest BCUT2D eigenvalue weighted by molar-refractivity contribution is 6.35. The molecule has 118 valence electrons. The highest BCUT2D eigenvalue weighted by Gasteiger charge is 2.13. The molecule has 0 unspecified atom stereocenters. The van der Waals surface area contributed by atoms with Crippen molar-refractivity contribution in [3.63, 3.8) is 0 Å². The maximum atomic E-state index is 11.8. The summed E-state index contributed by atoms with van der Waals surface area (Å²) in [5.74, 6) is -0.115. The van der Waals surface area contributed by atoms with Crippen LogP contribution in [-0.2, 0) is 11.3 Å². The third-order valence-electron chi connectivity index (χ3n) is 3.91. The maximum Gasteiger partial charge on any atom is 0.101 e. The first-order valence-electron chi connectivity index (χ1n) is 7.75. The van der Waals surface area contributed by atoms with E-state index in [4.69, 9.17) is 27.9 Å². The molecule has 0 radical (unpaired) electrons. The quantitative estimate of drug-likeness (QED) is 0.781. The summed E-state index contributed by atoms with van der Waals surface area (Å²) in [7, 11) is 0. The standard InChI is InChI=1S/C16H23Cl2NO2/c17-13-9-12(16(20)15(18)10-13)11-19-7-4-8-21-14-5-2-1-3-6-14/h9-10,14,19-20H,1-8,11H2. The molecule has 0 saturated heterocycles. The highest BCUT2D eigenvalue weighted by atomic mass is 35.5. The highest BCUT2D eigenvalue weighted by Crippen LogP contribution is 2.28. The Morgan fingerprint density at radius 2 is 1.95 bits per heavy atom. The van der Waals surface area contributed by atoms with Crippen LogP contribution in [0.3, 0.4) is 0 Å². The van der Waals surface area contributed by atoms with Gasteiger partial charge >= 0.3 is 0 Å². The van der Waals surface area contributed by atoms with Gasteiger partial charge in [-0.3, -0.25) is 0 Å². The molecular weight excluding hydrogens is 309 g/mol. The molecule has 1 aromatic rings. The van der Waals surface area contributed by atoms with Crippen LogP contribution in [0.5, 0.6) is 5.75 Å². The van der Waals surface area contributed by atoms with E-state index in [0.717, 1.165) is 19.6 Å². The van der Waals surface area contributed by atoms with Crippen LogP contribution in [0.1, 0.15) is 44.1 Å². The smallest absolute Gasteiger partial charge is 0.101 e. The Hall–Kier alpha value is -0.480. The molecule has 1 saturated carbocycles. The summed E-state index contributed by atoms with van der Waals surface area (Å²) in [6, 6.07) is 3.19. The van der Waals surface area contributed by atoms with Crippen LogP contribution in [0.25, 0.3) is 0 Å². The molecule has 2 N–H and O–H groups in total. The van der Waals surface area contributed by atoms with Gasteiger partial charge in [0.2, 0.25) is 0 Å². The zero-order valence-corrected chi connectivity index (χ0v) is 13.8. The van der Waals surface area contributed by atoms with Gasteiger partial charge in [0.05, 0.1) is 19.3 Å². The molecule has 1 fully saturated rings. The zero-order chi connectivity index (χ0) is 15.1. The second-order valence-corrected chi connectivity index (χ2v) is 6.49. The Bertz CT molecular complexity index is 448. The summed E-state index contributed by atoms with van der Waals surface area (Å²) < 4.78 is 5.87. The van der Waals surface area contributed by atoms with E-state index in [-0.39, 0.29) is 10.8 Å². The van der Waals surface area contributed by atoms with Crippen molar-refractivity contribution in [3.8, 4) is 5.75 Å². The first kappa shape index (κ1) is 16.9.